The van der Waals surface area contributed by atoms with Crippen molar-refractivity contribution in [2.75, 3.05) is 6.54 Å². The zero-order chi connectivity index (χ0) is 9.68. The van der Waals surface area contributed by atoms with Gasteiger partial charge in [-0.25, -0.2) is 0 Å². The van der Waals surface area contributed by atoms with Crippen molar-refractivity contribution in [1.29, 1.82) is 0 Å². The van der Waals surface area contributed by atoms with Gasteiger partial charge in [-0.1, -0.05) is 12.2 Å². The van der Waals surface area contributed by atoms with Crippen LogP contribution in [0.4, 0.5) is 0 Å². The molecule has 0 bridgehead atoms. The molecule has 1 aliphatic rings. The van der Waals surface area contributed by atoms with E-state index in [1.165, 1.54) is 0 Å². The van der Waals surface area contributed by atoms with Crippen LogP contribution in [0.5, 0.6) is 0 Å². The van der Waals surface area contributed by atoms with Crippen LogP contribution in [0.15, 0.2) is 29.0 Å². The summed E-state index contributed by atoms with van der Waals surface area (Å²) in [5.74, 6) is 0.457. The van der Waals surface area contributed by atoms with Gasteiger partial charge in [0, 0.05) is 6.54 Å². The molecule has 0 aromatic carbocycles. The molecule has 0 saturated carbocycles. The van der Waals surface area contributed by atoms with Crippen molar-refractivity contribution in [3.8, 4) is 0 Å². The van der Waals surface area contributed by atoms with Crippen LogP contribution < -0.4 is 16.8 Å². The fraction of sp³-hybridized carbons (Fsp3) is 0.444. The second-order valence-electron chi connectivity index (χ2n) is 2.97. The van der Waals surface area contributed by atoms with Gasteiger partial charge in [0.1, 0.15) is 5.84 Å². The summed E-state index contributed by atoms with van der Waals surface area (Å²) in [6.45, 7) is 2.76. The van der Waals surface area contributed by atoms with Gasteiger partial charge in [0.15, 0.2) is 0 Å². The molecule has 0 amide bonds. The highest BCUT2D eigenvalue weighted by Gasteiger charge is 2.11. The first-order chi connectivity index (χ1) is 6.24. The van der Waals surface area contributed by atoms with E-state index in [1.54, 1.807) is 0 Å². The van der Waals surface area contributed by atoms with Crippen LogP contribution in [0.25, 0.3) is 0 Å². The molecule has 0 spiro atoms. The molecular formula is C9H16N4. The molecule has 4 nitrogen and oxygen atoms in total. The number of hydrogen-bond donors (Lipinski definition) is 3. The van der Waals surface area contributed by atoms with Crippen LogP contribution in [-0.4, -0.2) is 18.4 Å². The Balaban J connectivity index is 2.40. The van der Waals surface area contributed by atoms with E-state index in [0.717, 1.165) is 13.0 Å². The average Bonchev–Trinajstić information content (AvgIpc) is 2.12. The van der Waals surface area contributed by atoms with Crippen LogP contribution in [0.2, 0.25) is 0 Å². The summed E-state index contributed by atoms with van der Waals surface area (Å²) < 4.78 is 0. The minimum Gasteiger partial charge on any atom is -0.396 e. The number of nitrogens with zero attached hydrogens (tertiary/aromatic N) is 1. The van der Waals surface area contributed by atoms with Crippen molar-refractivity contribution in [3.05, 3.63) is 24.0 Å². The number of dihydropyridines is 1. The minimum atomic E-state index is 0.212. The number of rotatable bonds is 3. The van der Waals surface area contributed by atoms with Gasteiger partial charge < -0.3 is 16.8 Å². The molecule has 0 saturated heterocycles. The third-order valence-electron chi connectivity index (χ3n) is 1.87. The Kier molecular flexibility index (Phi) is 3.37. The molecule has 4 heteroatoms. The standard InChI is InChI=1S/C9H16N4/c1-2-5-12-6-7-3-4-8(10)9(11)13-7/h2,4-5,7,12H,3,6,10H2,1H3,(H2,11,13)/b5-2-. The van der Waals surface area contributed by atoms with Gasteiger partial charge >= 0.3 is 0 Å². The third kappa shape index (κ3) is 2.82. The number of aliphatic imine (C=N–C) groups is 1. The molecule has 1 unspecified atom stereocenters. The summed E-state index contributed by atoms with van der Waals surface area (Å²) in [5, 5.41) is 3.13. The fourth-order valence-electron chi connectivity index (χ4n) is 1.14. The van der Waals surface area contributed by atoms with Gasteiger partial charge in [0.05, 0.1) is 11.7 Å². The number of hydrogen-bond acceptors (Lipinski definition) is 4. The predicted octanol–water partition coefficient (Wildman–Crippen LogP) is 0.0817. The highest BCUT2D eigenvalue weighted by Crippen LogP contribution is 2.06. The van der Waals surface area contributed by atoms with Crippen LogP contribution in [0, 0.1) is 0 Å². The molecule has 5 N–H and O–H groups in total. The van der Waals surface area contributed by atoms with E-state index in [0.29, 0.717) is 11.5 Å². The second kappa shape index (κ2) is 4.54. The Hall–Kier alpha value is -1.45. The summed E-state index contributed by atoms with van der Waals surface area (Å²) in [5.41, 5.74) is 11.7. The molecule has 0 aromatic heterocycles. The molecule has 0 aromatic rings. The Morgan fingerprint density at radius 1 is 1.69 bits per heavy atom. The quantitative estimate of drug-likeness (QED) is 0.575. The SMILES string of the molecule is C/C=C\NCC1CC=C(N)C(N)=N1. The van der Waals surface area contributed by atoms with Crippen molar-refractivity contribution >= 4 is 5.84 Å². The molecule has 13 heavy (non-hydrogen) atoms. The Morgan fingerprint density at radius 2 is 2.46 bits per heavy atom. The topological polar surface area (TPSA) is 76.4 Å². The molecule has 0 radical (unpaired) electrons. The molecule has 1 heterocycles. The van der Waals surface area contributed by atoms with Crippen LogP contribution in [-0.2, 0) is 0 Å². The molecular weight excluding hydrogens is 164 g/mol. The van der Waals surface area contributed by atoms with Crippen LogP contribution >= 0.6 is 0 Å². The lowest BCUT2D eigenvalue weighted by Crippen LogP contribution is -2.31. The monoisotopic (exact) mass is 180 g/mol. The van der Waals surface area contributed by atoms with Crippen molar-refractivity contribution < 1.29 is 0 Å². The van der Waals surface area contributed by atoms with Gasteiger partial charge in [-0.3, -0.25) is 4.99 Å². The summed E-state index contributed by atoms with van der Waals surface area (Å²) in [4.78, 5) is 4.24. The van der Waals surface area contributed by atoms with E-state index in [9.17, 15) is 0 Å². The van der Waals surface area contributed by atoms with Crippen molar-refractivity contribution in [3.63, 3.8) is 0 Å². The maximum Gasteiger partial charge on any atom is 0.141 e. The zero-order valence-corrected chi connectivity index (χ0v) is 7.83. The Labute approximate surface area is 78.4 Å². The molecule has 1 rings (SSSR count). The van der Waals surface area contributed by atoms with E-state index in [2.05, 4.69) is 10.3 Å². The Bertz CT molecular complexity index is 252. The minimum absolute atomic E-state index is 0.212. The van der Waals surface area contributed by atoms with Gasteiger partial charge in [0.25, 0.3) is 0 Å². The number of amidine groups is 1. The molecule has 1 atom stereocenters. The van der Waals surface area contributed by atoms with E-state index in [4.69, 9.17) is 11.5 Å². The summed E-state index contributed by atoms with van der Waals surface area (Å²) in [6.07, 6.45) is 6.62. The molecule has 0 aliphatic carbocycles. The van der Waals surface area contributed by atoms with Gasteiger partial charge in [-0.15, -0.1) is 0 Å². The summed E-state index contributed by atoms with van der Waals surface area (Å²) >= 11 is 0. The van der Waals surface area contributed by atoms with Crippen LogP contribution in [0.1, 0.15) is 13.3 Å². The van der Waals surface area contributed by atoms with Gasteiger partial charge in [-0.2, -0.15) is 0 Å². The first kappa shape index (κ1) is 9.64. The maximum absolute atomic E-state index is 5.58. The molecule has 1 aliphatic heterocycles. The first-order valence-corrected chi connectivity index (χ1v) is 4.38. The number of nitrogens with two attached hydrogens (primary N) is 2. The van der Waals surface area contributed by atoms with Crippen LogP contribution in [0.3, 0.4) is 0 Å². The highest BCUT2D eigenvalue weighted by atomic mass is 15.0. The second-order valence-corrected chi connectivity index (χ2v) is 2.97. The van der Waals surface area contributed by atoms with E-state index < -0.39 is 0 Å². The molecule has 72 valence electrons. The molecule has 0 fully saturated rings. The van der Waals surface area contributed by atoms with E-state index in [1.807, 2.05) is 25.3 Å². The number of allylic oxidation sites excluding steroid dienone is 1. The lowest BCUT2D eigenvalue weighted by atomic mass is 10.1. The maximum atomic E-state index is 5.58. The smallest absolute Gasteiger partial charge is 0.141 e. The van der Waals surface area contributed by atoms with Gasteiger partial charge in [-0.05, 0) is 19.5 Å². The number of nitrogens with one attached hydrogen (secondary N) is 1. The zero-order valence-electron chi connectivity index (χ0n) is 7.83. The van der Waals surface area contributed by atoms with E-state index in [-0.39, 0.29) is 6.04 Å². The third-order valence-corrected chi connectivity index (χ3v) is 1.87. The normalized spacial score (nSPS) is 22.7. The summed E-state index contributed by atoms with van der Waals surface area (Å²) in [6, 6.07) is 0.212. The lowest BCUT2D eigenvalue weighted by molar-refractivity contribution is 0.635. The largest absolute Gasteiger partial charge is 0.396 e. The average molecular weight is 180 g/mol. The Morgan fingerprint density at radius 3 is 3.08 bits per heavy atom. The summed E-state index contributed by atoms with van der Waals surface area (Å²) in [7, 11) is 0. The van der Waals surface area contributed by atoms with Crippen molar-refractivity contribution in [2.45, 2.75) is 19.4 Å². The van der Waals surface area contributed by atoms with Crippen molar-refractivity contribution in [1.82, 2.24) is 5.32 Å². The van der Waals surface area contributed by atoms with Gasteiger partial charge in [0.2, 0.25) is 0 Å². The van der Waals surface area contributed by atoms with E-state index >= 15 is 0 Å². The van der Waals surface area contributed by atoms with Crippen molar-refractivity contribution in [2.24, 2.45) is 16.5 Å². The highest BCUT2D eigenvalue weighted by molar-refractivity contribution is 5.96. The first-order valence-electron chi connectivity index (χ1n) is 4.38. The fourth-order valence-corrected chi connectivity index (χ4v) is 1.14. The lowest BCUT2D eigenvalue weighted by Gasteiger charge is -2.16. The predicted molar refractivity (Wildman–Crippen MR) is 55.1 cm³/mol.